The van der Waals surface area contributed by atoms with E-state index >= 15 is 0 Å². The quantitative estimate of drug-likeness (QED) is 0.698. The number of pyridine rings is 1. The number of aromatic amines is 1. The van der Waals surface area contributed by atoms with Gasteiger partial charge >= 0.3 is 0 Å². The van der Waals surface area contributed by atoms with Crippen molar-refractivity contribution in [1.29, 1.82) is 0 Å². The Morgan fingerprint density at radius 2 is 1.89 bits per heavy atom. The van der Waals surface area contributed by atoms with Crippen LogP contribution in [0.15, 0.2) is 24.4 Å². The Balaban J connectivity index is 1.37. The van der Waals surface area contributed by atoms with Crippen LogP contribution in [0, 0.1) is 0 Å². The predicted molar refractivity (Wildman–Crippen MR) is 101 cm³/mol. The monoisotopic (exact) mass is 369 g/mol. The highest BCUT2D eigenvalue weighted by atomic mass is 16.5. The lowest BCUT2D eigenvalue weighted by molar-refractivity contribution is 0.243. The molecule has 3 aromatic rings. The lowest BCUT2D eigenvalue weighted by atomic mass is 10.3. The Morgan fingerprint density at radius 3 is 2.67 bits per heavy atom. The van der Waals surface area contributed by atoms with Crippen LogP contribution in [-0.4, -0.2) is 69.7 Å². The van der Waals surface area contributed by atoms with Crippen molar-refractivity contribution in [1.82, 2.24) is 29.8 Å². The van der Waals surface area contributed by atoms with Crippen LogP contribution in [0.5, 0.6) is 11.8 Å². The molecule has 4 rings (SSSR count). The smallest absolute Gasteiger partial charge is 0.228 e. The molecule has 0 saturated carbocycles. The van der Waals surface area contributed by atoms with Gasteiger partial charge in [-0.25, -0.2) is 9.97 Å². The zero-order chi connectivity index (χ0) is 18.6. The number of hydrogen-bond acceptors (Lipinski definition) is 8. The fourth-order valence-electron chi connectivity index (χ4n) is 3.14. The van der Waals surface area contributed by atoms with Gasteiger partial charge in [0.2, 0.25) is 17.7 Å². The molecule has 0 spiro atoms. The van der Waals surface area contributed by atoms with Gasteiger partial charge in [-0.3, -0.25) is 4.90 Å². The number of anilines is 1. The maximum Gasteiger partial charge on any atom is 0.228 e. The van der Waals surface area contributed by atoms with E-state index in [1.54, 1.807) is 19.4 Å². The summed E-state index contributed by atoms with van der Waals surface area (Å²) in [5.41, 5.74) is 1.61. The van der Waals surface area contributed by atoms with Crippen molar-refractivity contribution in [3.05, 3.63) is 30.2 Å². The van der Waals surface area contributed by atoms with Crippen molar-refractivity contribution in [2.75, 3.05) is 44.8 Å². The Morgan fingerprint density at radius 1 is 1.04 bits per heavy atom. The van der Waals surface area contributed by atoms with Gasteiger partial charge in [-0.15, -0.1) is 0 Å². The third kappa shape index (κ3) is 3.92. The fourth-order valence-corrected chi connectivity index (χ4v) is 3.14. The first-order valence-corrected chi connectivity index (χ1v) is 9.08. The van der Waals surface area contributed by atoms with Gasteiger partial charge in [-0.1, -0.05) is 0 Å². The summed E-state index contributed by atoms with van der Waals surface area (Å²) in [6, 6.07) is 5.56. The van der Waals surface area contributed by atoms with E-state index in [2.05, 4.69) is 34.7 Å². The average Bonchev–Trinajstić information content (AvgIpc) is 3.10. The minimum Gasteiger partial charge on any atom is -0.481 e. The molecule has 1 aliphatic rings. The molecule has 27 heavy (non-hydrogen) atoms. The van der Waals surface area contributed by atoms with Crippen LogP contribution in [0.2, 0.25) is 0 Å². The Bertz CT molecular complexity index is 906. The summed E-state index contributed by atoms with van der Waals surface area (Å²) >= 11 is 0. The molecular weight excluding hydrogens is 346 g/mol. The summed E-state index contributed by atoms with van der Waals surface area (Å²) in [5, 5.41) is 0. The van der Waals surface area contributed by atoms with E-state index in [-0.39, 0.29) is 0 Å². The Labute approximate surface area is 157 Å². The molecule has 9 nitrogen and oxygen atoms in total. The van der Waals surface area contributed by atoms with E-state index in [0.29, 0.717) is 24.0 Å². The van der Waals surface area contributed by atoms with E-state index < -0.39 is 0 Å². The van der Waals surface area contributed by atoms with E-state index in [0.717, 1.165) is 50.0 Å². The Hall–Kier alpha value is -2.94. The molecule has 1 fully saturated rings. The molecule has 142 valence electrons. The second-order valence-electron chi connectivity index (χ2n) is 6.30. The number of hydrogen-bond donors (Lipinski definition) is 1. The number of piperazine rings is 1. The summed E-state index contributed by atoms with van der Waals surface area (Å²) in [5.74, 6) is 2.83. The first-order chi connectivity index (χ1) is 13.2. The fraction of sp³-hybridized carbons (Fsp3) is 0.444. The molecule has 0 aromatic carbocycles. The van der Waals surface area contributed by atoms with Crippen molar-refractivity contribution < 1.29 is 9.47 Å². The zero-order valence-electron chi connectivity index (χ0n) is 15.6. The Kier molecular flexibility index (Phi) is 5.01. The van der Waals surface area contributed by atoms with Crippen molar-refractivity contribution in [3.63, 3.8) is 0 Å². The molecule has 1 saturated heterocycles. The summed E-state index contributed by atoms with van der Waals surface area (Å²) < 4.78 is 10.6. The number of aromatic nitrogens is 5. The van der Waals surface area contributed by atoms with Crippen LogP contribution in [0.4, 0.5) is 5.95 Å². The first kappa shape index (κ1) is 17.5. The third-order valence-corrected chi connectivity index (χ3v) is 4.52. The molecule has 0 amide bonds. The summed E-state index contributed by atoms with van der Waals surface area (Å²) in [6.45, 7) is 6.86. The predicted octanol–water partition coefficient (Wildman–Crippen LogP) is 1.48. The van der Waals surface area contributed by atoms with Crippen LogP contribution in [0.25, 0.3) is 11.2 Å². The molecule has 0 atom stereocenters. The molecule has 1 aliphatic heterocycles. The van der Waals surface area contributed by atoms with E-state index in [9.17, 15) is 0 Å². The average molecular weight is 369 g/mol. The molecule has 4 heterocycles. The molecule has 1 N–H and O–H groups in total. The maximum absolute atomic E-state index is 5.47. The van der Waals surface area contributed by atoms with Gasteiger partial charge in [0.25, 0.3) is 0 Å². The first-order valence-electron chi connectivity index (χ1n) is 9.08. The number of nitrogens with one attached hydrogen (secondary N) is 1. The number of methoxy groups -OCH3 is 1. The van der Waals surface area contributed by atoms with Gasteiger partial charge in [-0.05, 0) is 13.0 Å². The number of rotatable bonds is 6. The van der Waals surface area contributed by atoms with Gasteiger partial charge in [0, 0.05) is 44.5 Å². The molecule has 3 aromatic heterocycles. The van der Waals surface area contributed by atoms with Crippen LogP contribution >= 0.6 is 0 Å². The van der Waals surface area contributed by atoms with Crippen molar-refractivity contribution >= 4 is 17.1 Å². The second kappa shape index (κ2) is 7.75. The van der Waals surface area contributed by atoms with Crippen LogP contribution in [0.3, 0.4) is 0 Å². The number of fused-ring (bicyclic) bond motifs is 1. The zero-order valence-corrected chi connectivity index (χ0v) is 15.6. The molecular formula is C18H23N7O2. The van der Waals surface area contributed by atoms with Crippen molar-refractivity contribution in [3.8, 4) is 11.8 Å². The third-order valence-electron chi connectivity index (χ3n) is 4.52. The normalized spacial score (nSPS) is 15.3. The number of ether oxygens (including phenoxy) is 2. The van der Waals surface area contributed by atoms with Gasteiger partial charge < -0.3 is 19.4 Å². The largest absolute Gasteiger partial charge is 0.481 e. The molecule has 0 radical (unpaired) electrons. The maximum atomic E-state index is 5.47. The summed E-state index contributed by atoms with van der Waals surface area (Å²) in [6.07, 6.45) is 1.75. The van der Waals surface area contributed by atoms with E-state index in [4.69, 9.17) is 9.47 Å². The van der Waals surface area contributed by atoms with Gasteiger partial charge in [0.15, 0.2) is 5.65 Å². The van der Waals surface area contributed by atoms with Crippen LogP contribution < -0.4 is 14.4 Å². The standard InChI is InChI=1S/C18H23N7O2/c1-3-27-16-6-7-19-18(23-16)25-10-8-24(9-11-25)12-14-20-13-4-5-15(26-2)22-17(13)21-14/h4-7H,3,8-12H2,1-2H3,(H,20,21,22). The second-order valence-corrected chi connectivity index (χ2v) is 6.30. The van der Waals surface area contributed by atoms with Crippen molar-refractivity contribution in [2.24, 2.45) is 0 Å². The highest BCUT2D eigenvalue weighted by Gasteiger charge is 2.20. The van der Waals surface area contributed by atoms with Gasteiger partial charge in [-0.2, -0.15) is 9.97 Å². The van der Waals surface area contributed by atoms with Crippen LogP contribution in [0.1, 0.15) is 12.7 Å². The lowest BCUT2D eigenvalue weighted by Gasteiger charge is -2.34. The van der Waals surface area contributed by atoms with Gasteiger partial charge in [0.05, 0.1) is 25.8 Å². The topological polar surface area (TPSA) is 92.3 Å². The minimum atomic E-state index is 0.573. The minimum absolute atomic E-state index is 0.573. The molecule has 9 heteroatoms. The number of H-pyrrole nitrogens is 1. The summed E-state index contributed by atoms with van der Waals surface area (Å²) in [4.78, 5) is 25.7. The molecule has 0 bridgehead atoms. The molecule has 0 unspecified atom stereocenters. The van der Waals surface area contributed by atoms with Gasteiger partial charge in [0.1, 0.15) is 5.82 Å². The highest BCUT2D eigenvalue weighted by molar-refractivity contribution is 5.71. The number of nitrogens with zero attached hydrogens (tertiary/aromatic N) is 6. The molecule has 0 aliphatic carbocycles. The number of imidazole rings is 1. The van der Waals surface area contributed by atoms with E-state index in [1.807, 2.05) is 19.1 Å². The highest BCUT2D eigenvalue weighted by Crippen LogP contribution is 2.17. The summed E-state index contributed by atoms with van der Waals surface area (Å²) in [7, 11) is 1.61. The SMILES string of the molecule is CCOc1ccnc(N2CCN(Cc3nc4nc(OC)ccc4[nH]3)CC2)n1. The van der Waals surface area contributed by atoms with Crippen LogP contribution in [-0.2, 0) is 6.54 Å². The lowest BCUT2D eigenvalue weighted by Crippen LogP contribution is -2.46. The van der Waals surface area contributed by atoms with E-state index in [1.165, 1.54) is 0 Å². The van der Waals surface area contributed by atoms with Crippen molar-refractivity contribution in [2.45, 2.75) is 13.5 Å².